The molecule has 0 aromatic heterocycles. The summed E-state index contributed by atoms with van der Waals surface area (Å²) in [4.78, 5) is 13.2. The number of benzene rings is 1. The lowest BCUT2D eigenvalue weighted by Crippen LogP contribution is -2.27. The van der Waals surface area contributed by atoms with Crippen LogP contribution in [0.2, 0.25) is 0 Å². The van der Waals surface area contributed by atoms with Gasteiger partial charge < -0.3 is 15.3 Å². The van der Waals surface area contributed by atoms with E-state index in [9.17, 15) is 4.79 Å². The minimum absolute atomic E-state index is 0.0165. The summed E-state index contributed by atoms with van der Waals surface area (Å²) < 4.78 is 0. The maximum Gasteiger partial charge on any atom is 0.238 e. The van der Waals surface area contributed by atoms with Crippen LogP contribution in [0.4, 0.5) is 5.69 Å². The number of hydrogen-bond donors (Lipinski definition) is 2. The Bertz CT molecular complexity index is 337. The first-order valence-electron chi connectivity index (χ1n) is 4.76. The Labute approximate surface area is 89.5 Å². The highest BCUT2D eigenvalue weighted by molar-refractivity contribution is 5.92. The van der Waals surface area contributed by atoms with Crippen molar-refractivity contribution in [2.24, 2.45) is 0 Å². The van der Waals surface area contributed by atoms with Gasteiger partial charge in [-0.3, -0.25) is 4.79 Å². The zero-order valence-electron chi connectivity index (χ0n) is 9.03. The van der Waals surface area contributed by atoms with Gasteiger partial charge in [0, 0.05) is 5.69 Å². The van der Waals surface area contributed by atoms with Crippen molar-refractivity contribution in [1.82, 2.24) is 4.90 Å². The number of nitrogens with one attached hydrogen (secondary N) is 1. The zero-order chi connectivity index (χ0) is 11.3. The van der Waals surface area contributed by atoms with Gasteiger partial charge in [0.05, 0.1) is 13.2 Å². The van der Waals surface area contributed by atoms with Crippen molar-refractivity contribution in [3.05, 3.63) is 29.8 Å². The summed E-state index contributed by atoms with van der Waals surface area (Å²) in [6.45, 7) is 0.334. The van der Waals surface area contributed by atoms with E-state index in [-0.39, 0.29) is 12.5 Å². The van der Waals surface area contributed by atoms with Gasteiger partial charge in [0.25, 0.3) is 0 Å². The van der Waals surface area contributed by atoms with Gasteiger partial charge in [-0.05, 0) is 31.8 Å². The van der Waals surface area contributed by atoms with Crippen molar-refractivity contribution in [1.29, 1.82) is 0 Å². The summed E-state index contributed by atoms with van der Waals surface area (Å²) in [5, 5.41) is 11.7. The Morgan fingerprint density at radius 2 is 2.20 bits per heavy atom. The molecular formula is C11H16N2O2. The van der Waals surface area contributed by atoms with E-state index in [1.165, 1.54) is 0 Å². The van der Waals surface area contributed by atoms with E-state index in [4.69, 9.17) is 5.11 Å². The number of aliphatic hydroxyl groups excluding tert-OH is 1. The molecule has 0 saturated carbocycles. The molecule has 0 aliphatic carbocycles. The maximum absolute atomic E-state index is 11.4. The molecule has 0 saturated heterocycles. The molecule has 0 bridgehead atoms. The molecule has 2 N–H and O–H groups in total. The van der Waals surface area contributed by atoms with Crippen molar-refractivity contribution in [3.8, 4) is 0 Å². The van der Waals surface area contributed by atoms with Gasteiger partial charge in [0.2, 0.25) is 5.91 Å². The third-order valence-corrected chi connectivity index (χ3v) is 1.85. The Morgan fingerprint density at radius 3 is 2.80 bits per heavy atom. The summed E-state index contributed by atoms with van der Waals surface area (Å²) in [5.41, 5.74) is 1.51. The first-order chi connectivity index (χ1) is 7.11. The number of nitrogens with zero attached hydrogens (tertiary/aromatic N) is 1. The van der Waals surface area contributed by atoms with Gasteiger partial charge in [0.15, 0.2) is 0 Å². The molecule has 0 radical (unpaired) electrons. The monoisotopic (exact) mass is 208 g/mol. The summed E-state index contributed by atoms with van der Waals surface area (Å²) in [6, 6.07) is 7.17. The second kappa shape index (κ2) is 5.48. The third kappa shape index (κ3) is 4.10. The lowest BCUT2D eigenvalue weighted by molar-refractivity contribution is -0.116. The topological polar surface area (TPSA) is 52.6 Å². The highest BCUT2D eigenvalue weighted by Crippen LogP contribution is 2.10. The Kier molecular flexibility index (Phi) is 4.27. The van der Waals surface area contributed by atoms with Crippen molar-refractivity contribution in [2.45, 2.75) is 6.61 Å². The molecule has 15 heavy (non-hydrogen) atoms. The Balaban J connectivity index is 2.60. The quantitative estimate of drug-likeness (QED) is 0.765. The molecule has 1 amide bonds. The van der Waals surface area contributed by atoms with Crippen LogP contribution in [0.15, 0.2) is 24.3 Å². The fraction of sp³-hybridized carbons (Fsp3) is 0.364. The lowest BCUT2D eigenvalue weighted by Gasteiger charge is -2.10. The zero-order valence-corrected chi connectivity index (χ0v) is 9.03. The van der Waals surface area contributed by atoms with E-state index in [1.807, 2.05) is 20.2 Å². The molecule has 4 heteroatoms. The van der Waals surface area contributed by atoms with E-state index in [1.54, 1.807) is 23.1 Å². The smallest absolute Gasteiger partial charge is 0.238 e. The molecule has 0 heterocycles. The Morgan fingerprint density at radius 1 is 1.47 bits per heavy atom. The normalized spacial score (nSPS) is 10.4. The fourth-order valence-corrected chi connectivity index (χ4v) is 1.24. The van der Waals surface area contributed by atoms with Gasteiger partial charge in [-0.2, -0.15) is 0 Å². The van der Waals surface area contributed by atoms with Crippen LogP contribution in [0, 0.1) is 0 Å². The third-order valence-electron chi connectivity index (χ3n) is 1.85. The number of rotatable bonds is 4. The number of likely N-dealkylation sites (N-methyl/N-ethyl adjacent to an activating group) is 1. The molecule has 1 aromatic carbocycles. The van der Waals surface area contributed by atoms with Gasteiger partial charge in [0.1, 0.15) is 0 Å². The van der Waals surface area contributed by atoms with Gasteiger partial charge in [-0.15, -0.1) is 0 Å². The average molecular weight is 208 g/mol. The first kappa shape index (κ1) is 11.7. The van der Waals surface area contributed by atoms with E-state index < -0.39 is 0 Å². The average Bonchev–Trinajstić information content (AvgIpc) is 2.16. The number of aliphatic hydroxyl groups is 1. The van der Waals surface area contributed by atoms with Gasteiger partial charge in [-0.25, -0.2) is 0 Å². The van der Waals surface area contributed by atoms with Crippen molar-refractivity contribution in [3.63, 3.8) is 0 Å². The molecular weight excluding hydrogens is 192 g/mol. The molecule has 1 rings (SSSR count). The molecule has 0 aliphatic rings. The van der Waals surface area contributed by atoms with Crippen LogP contribution < -0.4 is 5.32 Å². The highest BCUT2D eigenvalue weighted by Gasteiger charge is 2.03. The van der Waals surface area contributed by atoms with Crippen molar-refractivity contribution < 1.29 is 9.90 Å². The van der Waals surface area contributed by atoms with Crippen LogP contribution in [0.1, 0.15) is 5.56 Å². The highest BCUT2D eigenvalue weighted by atomic mass is 16.3. The van der Waals surface area contributed by atoms with Gasteiger partial charge in [-0.1, -0.05) is 12.1 Å². The molecule has 0 aliphatic heterocycles. The van der Waals surface area contributed by atoms with E-state index in [0.29, 0.717) is 12.2 Å². The van der Waals surface area contributed by atoms with Crippen LogP contribution in [-0.4, -0.2) is 36.6 Å². The van der Waals surface area contributed by atoms with Crippen molar-refractivity contribution >= 4 is 11.6 Å². The molecule has 0 unspecified atom stereocenters. The van der Waals surface area contributed by atoms with E-state index in [2.05, 4.69) is 5.32 Å². The molecule has 4 nitrogen and oxygen atoms in total. The predicted molar refractivity (Wildman–Crippen MR) is 59.5 cm³/mol. The largest absolute Gasteiger partial charge is 0.392 e. The number of carbonyl (C=O) groups excluding carboxylic acids is 1. The number of anilines is 1. The SMILES string of the molecule is CN(C)CC(=O)Nc1cccc(CO)c1. The standard InChI is InChI=1S/C11H16N2O2/c1-13(2)7-11(15)12-10-5-3-4-9(6-10)8-14/h3-6,14H,7-8H2,1-2H3,(H,12,15). The molecule has 0 spiro atoms. The molecule has 0 fully saturated rings. The predicted octanol–water partition coefficient (Wildman–Crippen LogP) is 0.679. The summed E-state index contributed by atoms with van der Waals surface area (Å²) in [6.07, 6.45) is 0. The molecule has 1 aromatic rings. The number of carbonyl (C=O) groups is 1. The molecule has 82 valence electrons. The Hall–Kier alpha value is -1.39. The minimum atomic E-state index is -0.0601. The van der Waals surface area contributed by atoms with Crippen LogP contribution >= 0.6 is 0 Å². The number of hydrogen-bond acceptors (Lipinski definition) is 3. The number of amides is 1. The summed E-state index contributed by atoms with van der Waals surface area (Å²) in [5.74, 6) is -0.0601. The van der Waals surface area contributed by atoms with Crippen LogP contribution in [-0.2, 0) is 11.4 Å². The van der Waals surface area contributed by atoms with Crippen LogP contribution in [0.3, 0.4) is 0 Å². The van der Waals surface area contributed by atoms with E-state index in [0.717, 1.165) is 5.56 Å². The maximum atomic E-state index is 11.4. The fourth-order valence-electron chi connectivity index (χ4n) is 1.24. The second-order valence-electron chi connectivity index (χ2n) is 3.64. The second-order valence-corrected chi connectivity index (χ2v) is 3.64. The van der Waals surface area contributed by atoms with Gasteiger partial charge >= 0.3 is 0 Å². The van der Waals surface area contributed by atoms with E-state index >= 15 is 0 Å². The van der Waals surface area contributed by atoms with Crippen LogP contribution in [0.25, 0.3) is 0 Å². The summed E-state index contributed by atoms with van der Waals surface area (Å²) in [7, 11) is 3.67. The van der Waals surface area contributed by atoms with Crippen molar-refractivity contribution in [2.75, 3.05) is 26.0 Å². The minimum Gasteiger partial charge on any atom is -0.392 e. The lowest BCUT2D eigenvalue weighted by atomic mass is 10.2. The molecule has 0 atom stereocenters. The summed E-state index contributed by atoms with van der Waals surface area (Å²) >= 11 is 0. The first-order valence-corrected chi connectivity index (χ1v) is 4.76. The van der Waals surface area contributed by atoms with Crippen LogP contribution in [0.5, 0.6) is 0 Å².